The molecule has 2 N–H and O–H groups in total. The molecule has 4 aliphatic heterocycles. The van der Waals surface area contributed by atoms with Gasteiger partial charge in [0.2, 0.25) is 11.8 Å². The fourth-order valence-corrected chi connectivity index (χ4v) is 8.62. The Kier molecular flexibility index (Phi) is 6.66. The fourth-order valence-electron chi connectivity index (χ4n) is 8.26. The van der Waals surface area contributed by atoms with Gasteiger partial charge in [-0.05, 0) is 78.8 Å². The van der Waals surface area contributed by atoms with Crippen molar-refractivity contribution in [3.05, 3.63) is 33.4 Å². The van der Waals surface area contributed by atoms with Gasteiger partial charge in [-0.3, -0.25) is 19.2 Å². The Morgan fingerprint density at radius 3 is 2.45 bits per heavy atom. The van der Waals surface area contributed by atoms with Crippen LogP contribution in [0.3, 0.4) is 0 Å². The van der Waals surface area contributed by atoms with Crippen LogP contribution in [-0.4, -0.2) is 94.8 Å². The van der Waals surface area contributed by atoms with Gasteiger partial charge in [0.05, 0.1) is 13.2 Å². The Bertz CT molecular complexity index is 1280. The summed E-state index contributed by atoms with van der Waals surface area (Å²) in [4.78, 5) is 50.2. The number of fused-ring (bicyclic) bond motifs is 4. The van der Waals surface area contributed by atoms with Crippen LogP contribution in [-0.2, 0) is 40.0 Å². The molecule has 7 atom stereocenters. The summed E-state index contributed by atoms with van der Waals surface area (Å²) in [5.41, 5.74) is -0.337. The Labute approximate surface area is 257 Å². The Balaban J connectivity index is 1.18. The monoisotopic (exact) mass is 693 g/mol. The van der Waals surface area contributed by atoms with Crippen molar-refractivity contribution >= 4 is 40.4 Å². The number of hydrogen-bond donors (Lipinski definition) is 2. The van der Waals surface area contributed by atoms with Crippen LogP contribution in [0.4, 0.5) is 0 Å². The summed E-state index contributed by atoms with van der Waals surface area (Å²) in [5, 5.41) is 13.6. The normalized spacial score (nSPS) is 38.3. The number of halogens is 1. The van der Waals surface area contributed by atoms with Gasteiger partial charge in [-0.15, -0.1) is 0 Å². The van der Waals surface area contributed by atoms with E-state index in [9.17, 15) is 19.5 Å². The van der Waals surface area contributed by atoms with Crippen LogP contribution in [0.5, 0.6) is 0 Å². The van der Waals surface area contributed by atoms with Crippen LogP contribution in [0.15, 0.2) is 24.3 Å². The predicted molar refractivity (Wildman–Crippen MR) is 153 cm³/mol. The van der Waals surface area contributed by atoms with Gasteiger partial charge in [-0.25, -0.2) is 0 Å². The van der Waals surface area contributed by atoms with Crippen molar-refractivity contribution in [2.75, 3.05) is 19.7 Å². The molecule has 1 aromatic carbocycles. The van der Waals surface area contributed by atoms with Gasteiger partial charge in [0.25, 0.3) is 0 Å². The molecular weight excluding hydrogens is 657 g/mol. The van der Waals surface area contributed by atoms with E-state index in [-0.39, 0.29) is 31.4 Å². The SMILES string of the molecule is O=C(NCCO)C1CCCN1C(=O)C12CC3OC(=O)C1N(Cc1ccc(I)cc1)OC2C1OC(C2CC2)(C2CC2)OC31. The minimum absolute atomic E-state index is 0.119. The number of nitrogens with zero attached hydrogens (tertiary/aromatic N) is 2. The maximum Gasteiger partial charge on any atom is 0.327 e. The van der Waals surface area contributed by atoms with Gasteiger partial charge in [-0.2, -0.15) is 5.06 Å². The number of aliphatic hydroxyl groups excluding tert-OH is 1. The van der Waals surface area contributed by atoms with Gasteiger partial charge in [0.15, 0.2) is 11.8 Å². The second kappa shape index (κ2) is 10.1. The van der Waals surface area contributed by atoms with Crippen LogP contribution in [0.1, 0.15) is 50.5 Å². The first kappa shape index (κ1) is 27.7. The van der Waals surface area contributed by atoms with Crippen molar-refractivity contribution in [1.82, 2.24) is 15.3 Å². The van der Waals surface area contributed by atoms with E-state index in [2.05, 4.69) is 27.9 Å². The minimum atomic E-state index is -1.28. The Morgan fingerprint density at radius 1 is 1.05 bits per heavy atom. The first-order valence-electron chi connectivity index (χ1n) is 15.3. The number of hydrogen-bond acceptors (Lipinski definition) is 9. The number of esters is 1. The molecule has 0 aromatic heterocycles. The molecule has 4 heterocycles. The summed E-state index contributed by atoms with van der Waals surface area (Å²) in [7, 11) is 0. The number of rotatable bonds is 8. The highest BCUT2D eigenvalue weighted by Gasteiger charge is 2.78. The average Bonchev–Trinajstić information content (AvgIpc) is 3.90. The van der Waals surface area contributed by atoms with Gasteiger partial charge < -0.3 is 29.5 Å². The van der Waals surface area contributed by atoms with Crippen LogP contribution in [0.2, 0.25) is 0 Å². The third kappa shape index (κ3) is 4.12. The highest BCUT2D eigenvalue weighted by atomic mass is 127. The second-order valence-corrected chi connectivity index (χ2v) is 14.2. The lowest BCUT2D eigenvalue weighted by Gasteiger charge is -2.50. The molecule has 42 heavy (non-hydrogen) atoms. The lowest BCUT2D eigenvalue weighted by atomic mass is 9.62. The third-order valence-corrected chi connectivity index (χ3v) is 11.1. The second-order valence-electron chi connectivity index (χ2n) is 13.0. The highest BCUT2D eigenvalue weighted by Crippen LogP contribution is 2.64. The van der Waals surface area contributed by atoms with E-state index in [4.69, 9.17) is 19.0 Å². The zero-order valence-corrected chi connectivity index (χ0v) is 25.4. The molecule has 11 nitrogen and oxygen atoms in total. The number of ether oxygens (including phenoxy) is 3. The van der Waals surface area contributed by atoms with Gasteiger partial charge in [0, 0.05) is 34.9 Å². The molecule has 3 aliphatic carbocycles. The van der Waals surface area contributed by atoms with Crippen molar-refractivity contribution in [1.29, 1.82) is 0 Å². The molecule has 8 rings (SSSR count). The zero-order chi connectivity index (χ0) is 28.8. The van der Waals surface area contributed by atoms with Crippen molar-refractivity contribution in [2.45, 2.75) is 93.8 Å². The lowest BCUT2D eigenvalue weighted by Crippen LogP contribution is -2.70. The number of carbonyl (C=O) groups excluding carboxylic acids is 3. The Hall–Kier alpha value is -1.84. The molecule has 7 aliphatic rings. The van der Waals surface area contributed by atoms with E-state index in [1.54, 1.807) is 9.96 Å². The number of amides is 2. The van der Waals surface area contributed by atoms with E-state index in [0.29, 0.717) is 37.8 Å². The summed E-state index contributed by atoms with van der Waals surface area (Å²) >= 11 is 2.25. The largest absolute Gasteiger partial charge is 0.458 e. The van der Waals surface area contributed by atoms with Crippen LogP contribution >= 0.6 is 22.6 Å². The van der Waals surface area contributed by atoms with E-state index >= 15 is 0 Å². The molecule has 4 saturated heterocycles. The fraction of sp³-hybridized carbons (Fsp3) is 0.700. The van der Waals surface area contributed by atoms with Crippen molar-refractivity contribution in [3.8, 4) is 0 Å². The molecule has 0 radical (unpaired) electrons. The molecule has 2 amide bonds. The number of carbonyl (C=O) groups is 3. The van der Waals surface area contributed by atoms with Gasteiger partial charge >= 0.3 is 5.97 Å². The molecule has 7 fully saturated rings. The van der Waals surface area contributed by atoms with Crippen LogP contribution < -0.4 is 5.32 Å². The lowest BCUT2D eigenvalue weighted by molar-refractivity contribution is -0.235. The maximum atomic E-state index is 14.9. The maximum absolute atomic E-state index is 14.9. The zero-order valence-electron chi connectivity index (χ0n) is 23.3. The molecule has 0 spiro atoms. The minimum Gasteiger partial charge on any atom is -0.458 e. The summed E-state index contributed by atoms with van der Waals surface area (Å²) in [6, 6.07) is 6.33. The summed E-state index contributed by atoms with van der Waals surface area (Å²) in [5.74, 6) is -1.16. The summed E-state index contributed by atoms with van der Waals surface area (Å²) in [6.45, 7) is 0.642. The summed E-state index contributed by atoms with van der Waals surface area (Å²) in [6.07, 6.45) is 3.13. The highest BCUT2D eigenvalue weighted by molar-refractivity contribution is 14.1. The molecule has 7 unspecified atom stereocenters. The number of aliphatic hydroxyl groups is 1. The Morgan fingerprint density at radius 2 is 1.76 bits per heavy atom. The molecule has 12 heteroatoms. The smallest absolute Gasteiger partial charge is 0.327 e. The topological polar surface area (TPSA) is 127 Å². The first-order valence-corrected chi connectivity index (χ1v) is 16.4. The molecular formula is C30H36IN3O8. The van der Waals surface area contributed by atoms with Gasteiger partial charge in [0.1, 0.15) is 35.9 Å². The third-order valence-electron chi connectivity index (χ3n) is 10.4. The van der Waals surface area contributed by atoms with Crippen molar-refractivity contribution < 1.29 is 38.5 Å². The standard InChI is InChI=1S/C30H36IN3O8/c31-19-9-3-16(4-10-19)15-34-24-27(37)39-21-14-29(24,28(38)33-12-1-2-20(33)26(36)32-11-13-35)25(42-34)23-22(21)40-30(41-23,17-5-6-17)18-7-8-18/h3-4,9-10,17-18,20-25,35H,1-2,5-8,11-15H2,(H,32,36). The van der Waals surface area contributed by atoms with E-state index < -0.39 is 53.7 Å². The van der Waals surface area contributed by atoms with Crippen LogP contribution in [0, 0.1) is 20.8 Å². The number of likely N-dealkylation sites (tertiary alicyclic amines) is 1. The quantitative estimate of drug-likeness (QED) is 0.308. The number of hydroxylamine groups is 2. The van der Waals surface area contributed by atoms with Crippen molar-refractivity contribution in [3.63, 3.8) is 0 Å². The summed E-state index contributed by atoms with van der Waals surface area (Å²) < 4.78 is 20.9. The van der Waals surface area contributed by atoms with E-state index in [0.717, 1.165) is 34.8 Å². The average molecular weight is 694 g/mol. The van der Waals surface area contributed by atoms with E-state index in [1.807, 2.05) is 24.3 Å². The number of benzene rings is 1. The molecule has 226 valence electrons. The molecule has 2 bridgehead atoms. The van der Waals surface area contributed by atoms with Crippen LogP contribution in [0.25, 0.3) is 0 Å². The number of nitrogens with one attached hydrogen (secondary N) is 1. The van der Waals surface area contributed by atoms with E-state index in [1.165, 1.54) is 0 Å². The molecule has 1 aromatic rings. The predicted octanol–water partition coefficient (Wildman–Crippen LogP) is 1.49. The van der Waals surface area contributed by atoms with Crippen molar-refractivity contribution in [2.24, 2.45) is 17.3 Å². The molecule has 3 saturated carbocycles. The first-order chi connectivity index (χ1) is 20.4. The van der Waals surface area contributed by atoms with Gasteiger partial charge in [-0.1, -0.05) is 12.1 Å².